The van der Waals surface area contributed by atoms with Crippen LogP contribution in [0, 0.1) is 28.8 Å². The van der Waals surface area contributed by atoms with Gasteiger partial charge in [-0.15, -0.1) is 0 Å². The molecular formula is C12H13F3N2. The second-order valence-electron chi connectivity index (χ2n) is 3.67. The summed E-state index contributed by atoms with van der Waals surface area (Å²) in [4.78, 5) is 0. The SMILES string of the molecule is N#CCCCCNCc1cc(F)c(F)c(F)c1. The maximum absolute atomic E-state index is 12.8. The van der Waals surface area contributed by atoms with Crippen molar-refractivity contribution in [2.45, 2.75) is 25.8 Å². The Morgan fingerprint density at radius 3 is 2.35 bits per heavy atom. The predicted octanol–water partition coefficient (Wildman–Crippen LogP) is 2.89. The van der Waals surface area contributed by atoms with Crippen molar-refractivity contribution < 1.29 is 13.2 Å². The van der Waals surface area contributed by atoms with Gasteiger partial charge >= 0.3 is 0 Å². The molecule has 0 radical (unpaired) electrons. The smallest absolute Gasteiger partial charge is 0.194 e. The van der Waals surface area contributed by atoms with Gasteiger partial charge in [-0.2, -0.15) is 5.26 Å². The van der Waals surface area contributed by atoms with Crippen molar-refractivity contribution in [3.8, 4) is 6.07 Å². The van der Waals surface area contributed by atoms with E-state index in [1.165, 1.54) is 0 Å². The van der Waals surface area contributed by atoms with E-state index in [4.69, 9.17) is 5.26 Å². The van der Waals surface area contributed by atoms with Crippen LogP contribution < -0.4 is 5.32 Å². The molecule has 0 atom stereocenters. The molecule has 5 heteroatoms. The first kappa shape index (κ1) is 13.5. The Hall–Kier alpha value is -1.54. The van der Waals surface area contributed by atoms with Crippen LogP contribution >= 0.6 is 0 Å². The Kier molecular flexibility index (Phi) is 5.50. The van der Waals surface area contributed by atoms with Crippen molar-refractivity contribution in [1.29, 1.82) is 5.26 Å². The third-order valence-corrected chi connectivity index (χ3v) is 2.26. The van der Waals surface area contributed by atoms with Crippen LogP contribution in [-0.2, 0) is 6.54 Å². The molecule has 0 bridgehead atoms. The van der Waals surface area contributed by atoms with Gasteiger partial charge in [0.2, 0.25) is 0 Å². The van der Waals surface area contributed by atoms with E-state index in [1.54, 1.807) is 0 Å². The molecule has 2 nitrogen and oxygen atoms in total. The van der Waals surface area contributed by atoms with Crippen LogP contribution in [0.4, 0.5) is 13.2 Å². The van der Waals surface area contributed by atoms with Gasteiger partial charge in [0, 0.05) is 13.0 Å². The third-order valence-electron chi connectivity index (χ3n) is 2.26. The van der Waals surface area contributed by atoms with Crippen molar-refractivity contribution in [3.63, 3.8) is 0 Å². The topological polar surface area (TPSA) is 35.8 Å². The molecule has 17 heavy (non-hydrogen) atoms. The number of nitriles is 1. The fraction of sp³-hybridized carbons (Fsp3) is 0.417. The van der Waals surface area contributed by atoms with Gasteiger partial charge in [-0.05, 0) is 37.1 Å². The van der Waals surface area contributed by atoms with E-state index in [9.17, 15) is 13.2 Å². The molecule has 1 N–H and O–H groups in total. The van der Waals surface area contributed by atoms with Gasteiger partial charge in [0.25, 0.3) is 0 Å². The summed E-state index contributed by atoms with van der Waals surface area (Å²) in [6.45, 7) is 0.934. The zero-order valence-corrected chi connectivity index (χ0v) is 9.27. The van der Waals surface area contributed by atoms with Crippen LogP contribution in [0.25, 0.3) is 0 Å². The van der Waals surface area contributed by atoms with E-state index < -0.39 is 17.5 Å². The fourth-order valence-electron chi connectivity index (χ4n) is 1.40. The quantitative estimate of drug-likeness (QED) is 0.615. The van der Waals surface area contributed by atoms with E-state index in [-0.39, 0.29) is 6.54 Å². The van der Waals surface area contributed by atoms with Crippen LogP contribution in [0.1, 0.15) is 24.8 Å². The largest absolute Gasteiger partial charge is 0.313 e. The molecule has 1 aromatic rings. The van der Waals surface area contributed by atoms with Gasteiger partial charge in [-0.25, -0.2) is 13.2 Å². The van der Waals surface area contributed by atoms with Crippen molar-refractivity contribution in [2.75, 3.05) is 6.54 Å². The summed E-state index contributed by atoms with van der Waals surface area (Å²) in [6.07, 6.45) is 2.11. The first-order valence-electron chi connectivity index (χ1n) is 5.36. The Balaban J connectivity index is 2.35. The standard InChI is InChI=1S/C12H13F3N2/c13-10-6-9(7-11(14)12(10)15)8-17-5-3-1-2-4-16/h6-7,17H,1-3,5,8H2. The Bertz CT molecular complexity index is 390. The average Bonchev–Trinajstić information content (AvgIpc) is 2.30. The molecule has 0 amide bonds. The first-order chi connectivity index (χ1) is 8.15. The normalized spacial score (nSPS) is 10.2. The molecule has 0 aliphatic carbocycles. The highest BCUT2D eigenvalue weighted by Gasteiger charge is 2.09. The number of nitrogens with one attached hydrogen (secondary N) is 1. The molecule has 1 aromatic carbocycles. The van der Waals surface area contributed by atoms with Gasteiger partial charge in [-0.1, -0.05) is 0 Å². The highest BCUT2D eigenvalue weighted by atomic mass is 19.2. The molecule has 0 fully saturated rings. The highest BCUT2D eigenvalue weighted by Crippen LogP contribution is 2.13. The third kappa shape index (κ3) is 4.45. The van der Waals surface area contributed by atoms with Gasteiger partial charge < -0.3 is 5.32 Å². The summed E-state index contributed by atoms with van der Waals surface area (Å²) in [6, 6.07) is 3.97. The summed E-state index contributed by atoms with van der Waals surface area (Å²) in [5.41, 5.74) is 0.363. The number of rotatable bonds is 6. The average molecular weight is 242 g/mol. The summed E-state index contributed by atoms with van der Waals surface area (Å²) >= 11 is 0. The predicted molar refractivity (Wildman–Crippen MR) is 57.5 cm³/mol. The molecule has 0 unspecified atom stereocenters. The lowest BCUT2D eigenvalue weighted by Gasteiger charge is -2.05. The Morgan fingerprint density at radius 2 is 1.76 bits per heavy atom. The number of hydrogen-bond donors (Lipinski definition) is 1. The van der Waals surface area contributed by atoms with Crippen LogP contribution in [0.15, 0.2) is 12.1 Å². The lowest BCUT2D eigenvalue weighted by molar-refractivity contribution is 0.444. The molecule has 0 saturated heterocycles. The molecule has 92 valence electrons. The van der Waals surface area contributed by atoms with Crippen LogP contribution in [0.2, 0.25) is 0 Å². The fourth-order valence-corrected chi connectivity index (χ4v) is 1.40. The number of halogens is 3. The molecule has 0 aliphatic heterocycles. The molecule has 1 rings (SSSR count). The lowest BCUT2D eigenvalue weighted by atomic mass is 10.2. The Labute approximate surface area is 98.1 Å². The van der Waals surface area contributed by atoms with Crippen LogP contribution in [0.3, 0.4) is 0 Å². The van der Waals surface area contributed by atoms with E-state index in [0.717, 1.165) is 25.0 Å². The Morgan fingerprint density at radius 1 is 1.12 bits per heavy atom. The first-order valence-corrected chi connectivity index (χ1v) is 5.36. The van der Waals surface area contributed by atoms with E-state index in [2.05, 4.69) is 5.32 Å². The summed E-state index contributed by atoms with van der Waals surface area (Å²) in [7, 11) is 0. The molecular weight excluding hydrogens is 229 g/mol. The van der Waals surface area contributed by atoms with Crippen molar-refractivity contribution in [2.24, 2.45) is 0 Å². The van der Waals surface area contributed by atoms with Crippen molar-refractivity contribution in [1.82, 2.24) is 5.32 Å². The van der Waals surface area contributed by atoms with E-state index in [0.29, 0.717) is 18.5 Å². The minimum atomic E-state index is -1.44. The minimum absolute atomic E-state index is 0.278. The maximum atomic E-state index is 12.8. The number of nitrogens with zero attached hydrogens (tertiary/aromatic N) is 1. The molecule has 0 spiro atoms. The van der Waals surface area contributed by atoms with Gasteiger partial charge in [0.15, 0.2) is 17.5 Å². The molecule has 0 saturated carbocycles. The zero-order chi connectivity index (χ0) is 12.7. The second kappa shape index (κ2) is 6.92. The van der Waals surface area contributed by atoms with Crippen LogP contribution in [0.5, 0.6) is 0 Å². The monoisotopic (exact) mass is 242 g/mol. The van der Waals surface area contributed by atoms with Gasteiger partial charge in [0.05, 0.1) is 6.07 Å². The second-order valence-corrected chi connectivity index (χ2v) is 3.67. The maximum Gasteiger partial charge on any atom is 0.194 e. The number of benzene rings is 1. The summed E-state index contributed by atoms with van der Waals surface area (Å²) in [5, 5.41) is 11.3. The number of unbranched alkanes of at least 4 members (excludes halogenated alkanes) is 2. The molecule has 0 aliphatic rings. The van der Waals surface area contributed by atoms with Gasteiger partial charge in [-0.3, -0.25) is 0 Å². The van der Waals surface area contributed by atoms with E-state index >= 15 is 0 Å². The van der Waals surface area contributed by atoms with Crippen molar-refractivity contribution >= 4 is 0 Å². The summed E-state index contributed by atoms with van der Waals surface area (Å²) < 4.78 is 38.3. The van der Waals surface area contributed by atoms with Crippen LogP contribution in [-0.4, -0.2) is 6.54 Å². The molecule has 0 heterocycles. The van der Waals surface area contributed by atoms with Gasteiger partial charge in [0.1, 0.15) is 0 Å². The zero-order valence-electron chi connectivity index (χ0n) is 9.27. The summed E-state index contributed by atoms with van der Waals surface area (Å²) in [5.74, 6) is -3.79. The van der Waals surface area contributed by atoms with Crippen molar-refractivity contribution in [3.05, 3.63) is 35.1 Å². The highest BCUT2D eigenvalue weighted by molar-refractivity contribution is 5.19. The molecule has 0 aromatic heterocycles. The minimum Gasteiger partial charge on any atom is -0.313 e. The van der Waals surface area contributed by atoms with E-state index in [1.807, 2.05) is 6.07 Å². The number of hydrogen-bond acceptors (Lipinski definition) is 2. The lowest BCUT2D eigenvalue weighted by Crippen LogP contribution is -2.15.